The Morgan fingerprint density at radius 1 is 1.40 bits per heavy atom. The number of carbonyl (C=O) groups is 1. The smallest absolute Gasteiger partial charge is 0.253 e. The predicted molar refractivity (Wildman–Crippen MR) is 89.7 cm³/mol. The number of benzene rings is 1. The molecule has 5 heteroatoms. The van der Waals surface area contributed by atoms with Gasteiger partial charge in [0.1, 0.15) is 0 Å². The van der Waals surface area contributed by atoms with Gasteiger partial charge in [0, 0.05) is 17.0 Å². The maximum atomic E-state index is 12.2. The minimum atomic E-state index is -0.0368. The fourth-order valence-corrected chi connectivity index (χ4v) is 3.80. The molecule has 0 bridgehead atoms. The summed E-state index contributed by atoms with van der Waals surface area (Å²) >= 11 is 2.01. The van der Waals surface area contributed by atoms with E-state index in [0.717, 1.165) is 18.6 Å². The predicted octanol–water partition coefficient (Wildman–Crippen LogP) is 3.48. The maximum absolute atomic E-state index is 12.2. The van der Waals surface area contributed by atoms with Crippen LogP contribution in [0.4, 0.5) is 5.69 Å². The number of nitrogens with one attached hydrogen (secondary N) is 1. The zero-order valence-electron chi connectivity index (χ0n) is 11.8. The molecule has 2 unspecified atom stereocenters. The van der Waals surface area contributed by atoms with Gasteiger partial charge >= 0.3 is 0 Å². The SMILES string of the molecule is CCSC1CCCC(NC(=O)c2ccccc2N)C1.Cl. The van der Waals surface area contributed by atoms with Crippen LogP contribution in [0.1, 0.15) is 43.0 Å². The van der Waals surface area contributed by atoms with Crippen molar-refractivity contribution in [2.45, 2.75) is 43.9 Å². The highest BCUT2D eigenvalue weighted by atomic mass is 35.5. The van der Waals surface area contributed by atoms with Crippen molar-refractivity contribution in [1.29, 1.82) is 0 Å². The summed E-state index contributed by atoms with van der Waals surface area (Å²) in [5.41, 5.74) is 6.98. The number of nitrogens with two attached hydrogens (primary N) is 1. The monoisotopic (exact) mass is 314 g/mol. The fourth-order valence-electron chi connectivity index (χ4n) is 2.63. The number of hydrogen-bond acceptors (Lipinski definition) is 3. The van der Waals surface area contributed by atoms with E-state index in [9.17, 15) is 4.79 Å². The van der Waals surface area contributed by atoms with Crippen LogP contribution in [-0.4, -0.2) is 23.0 Å². The molecule has 0 saturated heterocycles. The van der Waals surface area contributed by atoms with Crippen molar-refractivity contribution in [2.24, 2.45) is 0 Å². The Morgan fingerprint density at radius 2 is 2.15 bits per heavy atom. The van der Waals surface area contributed by atoms with Crippen LogP contribution in [0.3, 0.4) is 0 Å². The average molecular weight is 315 g/mol. The molecule has 1 aliphatic rings. The molecular formula is C15H23ClN2OS. The molecule has 0 heterocycles. The molecule has 1 amide bonds. The van der Waals surface area contributed by atoms with Gasteiger partial charge in [-0.15, -0.1) is 12.4 Å². The van der Waals surface area contributed by atoms with Crippen LogP contribution in [0.25, 0.3) is 0 Å². The minimum absolute atomic E-state index is 0. The molecule has 3 N–H and O–H groups in total. The molecule has 2 atom stereocenters. The van der Waals surface area contributed by atoms with Gasteiger partial charge in [0.2, 0.25) is 0 Å². The molecule has 2 rings (SSSR count). The summed E-state index contributed by atoms with van der Waals surface area (Å²) in [5.74, 6) is 1.11. The van der Waals surface area contributed by atoms with Gasteiger partial charge in [-0.2, -0.15) is 11.8 Å². The quantitative estimate of drug-likeness (QED) is 0.837. The van der Waals surface area contributed by atoms with Gasteiger partial charge in [-0.3, -0.25) is 4.79 Å². The molecule has 1 aromatic carbocycles. The molecule has 1 saturated carbocycles. The Bertz CT molecular complexity index is 440. The molecular weight excluding hydrogens is 292 g/mol. The van der Waals surface area contributed by atoms with Crippen LogP contribution >= 0.6 is 24.2 Å². The highest BCUT2D eigenvalue weighted by Crippen LogP contribution is 2.28. The number of carbonyl (C=O) groups excluding carboxylic acids is 1. The normalized spacial score (nSPS) is 21.9. The summed E-state index contributed by atoms with van der Waals surface area (Å²) in [5, 5.41) is 3.82. The van der Waals surface area contributed by atoms with Gasteiger partial charge < -0.3 is 11.1 Å². The molecule has 20 heavy (non-hydrogen) atoms. The number of thioether (sulfide) groups is 1. The first-order valence-corrected chi connectivity index (χ1v) is 8.02. The lowest BCUT2D eigenvalue weighted by Crippen LogP contribution is -2.39. The second-order valence-electron chi connectivity index (χ2n) is 5.00. The van der Waals surface area contributed by atoms with Gasteiger partial charge in [0.05, 0.1) is 5.56 Å². The van der Waals surface area contributed by atoms with Gasteiger partial charge in [0.15, 0.2) is 0 Å². The lowest BCUT2D eigenvalue weighted by molar-refractivity contribution is 0.0929. The van der Waals surface area contributed by atoms with Crippen molar-refractivity contribution >= 4 is 35.8 Å². The number of para-hydroxylation sites is 1. The molecule has 0 spiro atoms. The van der Waals surface area contributed by atoms with E-state index in [2.05, 4.69) is 12.2 Å². The first-order chi connectivity index (χ1) is 9.20. The summed E-state index contributed by atoms with van der Waals surface area (Å²) in [6, 6.07) is 7.55. The summed E-state index contributed by atoms with van der Waals surface area (Å²) in [4.78, 5) is 12.2. The number of nitrogen functional groups attached to an aromatic ring is 1. The Labute approximate surface area is 131 Å². The Morgan fingerprint density at radius 3 is 2.85 bits per heavy atom. The summed E-state index contributed by atoms with van der Waals surface area (Å²) in [6.07, 6.45) is 4.64. The van der Waals surface area contributed by atoms with E-state index in [1.807, 2.05) is 23.9 Å². The van der Waals surface area contributed by atoms with Crippen molar-refractivity contribution in [2.75, 3.05) is 11.5 Å². The lowest BCUT2D eigenvalue weighted by Gasteiger charge is -2.29. The Kier molecular flexibility index (Phi) is 7.24. The van der Waals surface area contributed by atoms with E-state index in [1.54, 1.807) is 12.1 Å². The van der Waals surface area contributed by atoms with Crippen LogP contribution in [0.5, 0.6) is 0 Å². The van der Waals surface area contributed by atoms with E-state index in [1.165, 1.54) is 12.8 Å². The summed E-state index contributed by atoms with van der Waals surface area (Å²) in [7, 11) is 0. The minimum Gasteiger partial charge on any atom is -0.398 e. The van der Waals surface area contributed by atoms with Crippen molar-refractivity contribution in [3.8, 4) is 0 Å². The molecule has 0 aromatic heterocycles. The van der Waals surface area contributed by atoms with Gasteiger partial charge in [0.25, 0.3) is 5.91 Å². The van der Waals surface area contributed by atoms with E-state index in [-0.39, 0.29) is 18.3 Å². The Hall–Kier alpha value is -0.870. The molecule has 1 aliphatic carbocycles. The van der Waals surface area contributed by atoms with Crippen LogP contribution < -0.4 is 11.1 Å². The van der Waals surface area contributed by atoms with E-state index in [4.69, 9.17) is 5.73 Å². The van der Waals surface area contributed by atoms with E-state index < -0.39 is 0 Å². The first-order valence-electron chi connectivity index (χ1n) is 6.97. The lowest BCUT2D eigenvalue weighted by atomic mass is 9.94. The molecule has 1 fully saturated rings. The van der Waals surface area contributed by atoms with Crippen LogP contribution in [0.2, 0.25) is 0 Å². The fraction of sp³-hybridized carbons (Fsp3) is 0.533. The number of rotatable bonds is 4. The zero-order chi connectivity index (χ0) is 13.7. The van der Waals surface area contributed by atoms with Gasteiger partial charge in [-0.05, 0) is 37.1 Å². The van der Waals surface area contributed by atoms with E-state index in [0.29, 0.717) is 22.5 Å². The van der Waals surface area contributed by atoms with Gasteiger partial charge in [-0.25, -0.2) is 0 Å². The molecule has 0 radical (unpaired) electrons. The third-order valence-electron chi connectivity index (χ3n) is 3.57. The number of hydrogen-bond donors (Lipinski definition) is 2. The van der Waals surface area contributed by atoms with Crippen LogP contribution in [-0.2, 0) is 0 Å². The standard InChI is InChI=1S/C15H22N2OS.ClH/c1-2-19-12-7-5-6-11(10-12)17-15(18)13-8-3-4-9-14(13)16;/h3-4,8-9,11-12H,2,5-7,10,16H2,1H3,(H,17,18);1H. The summed E-state index contributed by atoms with van der Waals surface area (Å²) < 4.78 is 0. The van der Waals surface area contributed by atoms with Crippen molar-refractivity contribution in [1.82, 2.24) is 5.32 Å². The topological polar surface area (TPSA) is 55.1 Å². The number of amides is 1. The Balaban J connectivity index is 0.00000200. The van der Waals surface area contributed by atoms with Crippen LogP contribution in [0.15, 0.2) is 24.3 Å². The van der Waals surface area contributed by atoms with Crippen LogP contribution in [0, 0.1) is 0 Å². The average Bonchev–Trinajstić information content (AvgIpc) is 2.40. The van der Waals surface area contributed by atoms with Crippen molar-refractivity contribution < 1.29 is 4.79 Å². The maximum Gasteiger partial charge on any atom is 0.253 e. The third kappa shape index (κ3) is 4.60. The third-order valence-corrected chi connectivity index (χ3v) is 4.80. The molecule has 112 valence electrons. The van der Waals surface area contributed by atoms with Crippen molar-refractivity contribution in [3.05, 3.63) is 29.8 Å². The highest BCUT2D eigenvalue weighted by Gasteiger charge is 2.23. The largest absolute Gasteiger partial charge is 0.398 e. The van der Waals surface area contributed by atoms with E-state index >= 15 is 0 Å². The van der Waals surface area contributed by atoms with Crippen molar-refractivity contribution in [3.63, 3.8) is 0 Å². The molecule has 3 nitrogen and oxygen atoms in total. The second kappa shape index (κ2) is 8.42. The number of halogens is 1. The molecule has 0 aliphatic heterocycles. The summed E-state index contributed by atoms with van der Waals surface area (Å²) in [6.45, 7) is 2.19. The first kappa shape index (κ1) is 17.2. The molecule has 1 aromatic rings. The van der Waals surface area contributed by atoms with Gasteiger partial charge in [-0.1, -0.05) is 25.5 Å². The number of anilines is 1. The highest BCUT2D eigenvalue weighted by molar-refractivity contribution is 7.99. The second-order valence-corrected chi connectivity index (χ2v) is 6.58. The zero-order valence-corrected chi connectivity index (χ0v) is 13.4.